The van der Waals surface area contributed by atoms with Gasteiger partial charge in [0.1, 0.15) is 6.61 Å². The van der Waals surface area contributed by atoms with Gasteiger partial charge in [0.05, 0.1) is 13.7 Å². The third-order valence-electron chi connectivity index (χ3n) is 2.98. The lowest BCUT2D eigenvalue weighted by atomic mass is 10.1. The van der Waals surface area contributed by atoms with Crippen LogP contribution in [0, 0.1) is 0 Å². The van der Waals surface area contributed by atoms with Crippen LogP contribution in [0.3, 0.4) is 0 Å². The molecular formula is C14H19NO3. The second-order valence-electron chi connectivity index (χ2n) is 4.25. The van der Waals surface area contributed by atoms with E-state index in [1.165, 1.54) is 5.57 Å². The van der Waals surface area contributed by atoms with Crippen LogP contribution < -0.4 is 14.8 Å². The molecule has 0 spiro atoms. The number of ether oxygens (including phenoxy) is 2. The standard InChI is InChI=1S/C14H19NO3/c1-17-14-8-12(9-16)2-3-13(14)18-10-11-4-6-15-7-5-11/h2-4,8,15-16H,5-7,9-10H2,1H3. The van der Waals surface area contributed by atoms with Gasteiger partial charge in [-0.25, -0.2) is 0 Å². The fraction of sp³-hybridized carbons (Fsp3) is 0.429. The van der Waals surface area contributed by atoms with Crippen molar-refractivity contribution >= 4 is 0 Å². The van der Waals surface area contributed by atoms with Gasteiger partial charge in [0, 0.05) is 6.54 Å². The Morgan fingerprint density at radius 1 is 1.33 bits per heavy atom. The minimum atomic E-state index is 0.00740. The highest BCUT2D eigenvalue weighted by atomic mass is 16.5. The van der Waals surface area contributed by atoms with Crippen LogP contribution in [-0.4, -0.2) is 31.9 Å². The van der Waals surface area contributed by atoms with Gasteiger partial charge in [-0.05, 0) is 36.2 Å². The Hall–Kier alpha value is -1.52. The molecule has 0 unspecified atom stereocenters. The van der Waals surface area contributed by atoms with Gasteiger partial charge < -0.3 is 19.9 Å². The zero-order chi connectivity index (χ0) is 12.8. The lowest BCUT2D eigenvalue weighted by Gasteiger charge is -2.16. The highest BCUT2D eigenvalue weighted by Gasteiger charge is 2.08. The summed E-state index contributed by atoms with van der Waals surface area (Å²) in [7, 11) is 1.60. The maximum atomic E-state index is 9.07. The molecule has 0 amide bonds. The lowest BCUT2D eigenvalue weighted by Crippen LogP contribution is -2.22. The van der Waals surface area contributed by atoms with Crippen molar-refractivity contribution in [2.24, 2.45) is 0 Å². The predicted molar refractivity (Wildman–Crippen MR) is 70.0 cm³/mol. The van der Waals surface area contributed by atoms with Crippen LogP contribution in [-0.2, 0) is 6.61 Å². The molecule has 1 aliphatic rings. The Bertz CT molecular complexity index is 429. The number of aliphatic hydroxyl groups excluding tert-OH is 1. The van der Waals surface area contributed by atoms with Crippen molar-refractivity contribution < 1.29 is 14.6 Å². The van der Waals surface area contributed by atoms with Gasteiger partial charge in [0.15, 0.2) is 11.5 Å². The molecule has 1 heterocycles. The molecule has 0 aromatic heterocycles. The Morgan fingerprint density at radius 2 is 2.22 bits per heavy atom. The normalized spacial score (nSPS) is 15.1. The second kappa shape index (κ2) is 6.42. The first-order valence-electron chi connectivity index (χ1n) is 6.12. The third-order valence-corrected chi connectivity index (χ3v) is 2.98. The van der Waals surface area contributed by atoms with E-state index in [0.29, 0.717) is 18.1 Å². The Labute approximate surface area is 107 Å². The van der Waals surface area contributed by atoms with E-state index in [-0.39, 0.29) is 6.61 Å². The minimum Gasteiger partial charge on any atom is -0.493 e. The maximum Gasteiger partial charge on any atom is 0.161 e. The quantitative estimate of drug-likeness (QED) is 0.776. The van der Waals surface area contributed by atoms with E-state index in [1.54, 1.807) is 13.2 Å². The number of benzene rings is 1. The molecular weight excluding hydrogens is 230 g/mol. The second-order valence-corrected chi connectivity index (χ2v) is 4.25. The van der Waals surface area contributed by atoms with Crippen LogP contribution in [0.25, 0.3) is 0 Å². The summed E-state index contributed by atoms with van der Waals surface area (Å²) in [5.41, 5.74) is 2.13. The maximum absolute atomic E-state index is 9.07. The van der Waals surface area contributed by atoms with Gasteiger partial charge in [0.2, 0.25) is 0 Å². The van der Waals surface area contributed by atoms with Crippen molar-refractivity contribution in [1.82, 2.24) is 5.32 Å². The molecule has 0 radical (unpaired) electrons. The van der Waals surface area contributed by atoms with E-state index in [9.17, 15) is 0 Å². The molecule has 18 heavy (non-hydrogen) atoms. The molecule has 2 N–H and O–H groups in total. The lowest BCUT2D eigenvalue weighted by molar-refractivity contribution is 0.279. The van der Waals surface area contributed by atoms with Crippen LogP contribution >= 0.6 is 0 Å². The molecule has 0 atom stereocenters. The average molecular weight is 249 g/mol. The summed E-state index contributed by atoms with van der Waals surface area (Å²) in [5, 5.41) is 12.3. The Morgan fingerprint density at radius 3 is 2.89 bits per heavy atom. The summed E-state index contributed by atoms with van der Waals surface area (Å²) in [4.78, 5) is 0. The average Bonchev–Trinajstić information content (AvgIpc) is 2.46. The largest absolute Gasteiger partial charge is 0.493 e. The van der Waals surface area contributed by atoms with E-state index in [0.717, 1.165) is 25.1 Å². The van der Waals surface area contributed by atoms with Crippen LogP contribution in [0.2, 0.25) is 0 Å². The van der Waals surface area contributed by atoms with Crippen molar-refractivity contribution in [3.05, 3.63) is 35.4 Å². The summed E-state index contributed by atoms with van der Waals surface area (Å²) in [6.45, 7) is 2.53. The van der Waals surface area contributed by atoms with Gasteiger partial charge in [-0.2, -0.15) is 0 Å². The number of nitrogens with one attached hydrogen (secondary N) is 1. The van der Waals surface area contributed by atoms with Gasteiger partial charge >= 0.3 is 0 Å². The molecule has 0 bridgehead atoms. The first-order chi connectivity index (χ1) is 8.83. The van der Waals surface area contributed by atoms with Crippen molar-refractivity contribution in [2.75, 3.05) is 26.8 Å². The Kier molecular flexibility index (Phi) is 4.61. The minimum absolute atomic E-state index is 0.00740. The number of hydrogen-bond acceptors (Lipinski definition) is 4. The highest BCUT2D eigenvalue weighted by Crippen LogP contribution is 2.28. The molecule has 1 aromatic carbocycles. The molecule has 98 valence electrons. The monoisotopic (exact) mass is 249 g/mol. The SMILES string of the molecule is COc1cc(CO)ccc1OCC1=CCNCC1. The summed E-state index contributed by atoms with van der Waals surface area (Å²) in [6, 6.07) is 5.48. The fourth-order valence-corrected chi connectivity index (χ4v) is 1.90. The van der Waals surface area contributed by atoms with E-state index in [1.807, 2.05) is 12.1 Å². The van der Waals surface area contributed by atoms with E-state index >= 15 is 0 Å². The van der Waals surface area contributed by atoms with Crippen LogP contribution in [0.4, 0.5) is 0 Å². The molecule has 0 aliphatic carbocycles. The van der Waals surface area contributed by atoms with Crippen LogP contribution in [0.1, 0.15) is 12.0 Å². The van der Waals surface area contributed by atoms with Gasteiger partial charge in [-0.3, -0.25) is 0 Å². The third kappa shape index (κ3) is 3.24. The molecule has 0 saturated carbocycles. The zero-order valence-corrected chi connectivity index (χ0v) is 10.6. The van der Waals surface area contributed by atoms with Crippen molar-refractivity contribution in [3.63, 3.8) is 0 Å². The molecule has 0 saturated heterocycles. The van der Waals surface area contributed by atoms with E-state index in [2.05, 4.69) is 11.4 Å². The number of aliphatic hydroxyl groups is 1. The Balaban J connectivity index is 2.01. The summed E-state index contributed by atoms with van der Waals surface area (Å²) < 4.78 is 11.0. The fourth-order valence-electron chi connectivity index (χ4n) is 1.90. The first kappa shape index (κ1) is 12.9. The van der Waals surface area contributed by atoms with Gasteiger partial charge in [-0.1, -0.05) is 12.1 Å². The van der Waals surface area contributed by atoms with Crippen LogP contribution in [0.5, 0.6) is 11.5 Å². The smallest absolute Gasteiger partial charge is 0.161 e. The van der Waals surface area contributed by atoms with Gasteiger partial charge in [-0.15, -0.1) is 0 Å². The van der Waals surface area contributed by atoms with E-state index in [4.69, 9.17) is 14.6 Å². The van der Waals surface area contributed by atoms with E-state index < -0.39 is 0 Å². The topological polar surface area (TPSA) is 50.7 Å². The molecule has 4 nitrogen and oxygen atoms in total. The highest BCUT2D eigenvalue weighted by molar-refractivity contribution is 5.43. The zero-order valence-electron chi connectivity index (χ0n) is 10.6. The number of methoxy groups -OCH3 is 1. The number of hydrogen-bond donors (Lipinski definition) is 2. The van der Waals surface area contributed by atoms with Crippen LogP contribution in [0.15, 0.2) is 29.8 Å². The predicted octanol–water partition coefficient (Wildman–Crippen LogP) is 1.49. The molecule has 1 aromatic rings. The van der Waals surface area contributed by atoms with Crippen molar-refractivity contribution in [2.45, 2.75) is 13.0 Å². The molecule has 1 aliphatic heterocycles. The summed E-state index contributed by atoms with van der Waals surface area (Å²) in [6.07, 6.45) is 3.19. The molecule has 0 fully saturated rings. The van der Waals surface area contributed by atoms with Gasteiger partial charge in [0.25, 0.3) is 0 Å². The number of rotatable bonds is 5. The first-order valence-corrected chi connectivity index (χ1v) is 6.12. The summed E-state index contributed by atoms with van der Waals surface area (Å²) in [5.74, 6) is 1.38. The summed E-state index contributed by atoms with van der Waals surface area (Å²) >= 11 is 0. The molecule has 4 heteroatoms. The molecule has 2 rings (SSSR count). The van der Waals surface area contributed by atoms with Crippen molar-refractivity contribution in [1.29, 1.82) is 0 Å². The van der Waals surface area contributed by atoms with Crippen molar-refractivity contribution in [3.8, 4) is 11.5 Å².